The molecule has 0 spiro atoms. The van der Waals surface area contributed by atoms with E-state index in [4.69, 9.17) is 9.47 Å². The summed E-state index contributed by atoms with van der Waals surface area (Å²) in [6.45, 7) is 0.613. The fraction of sp³-hybridized carbons (Fsp3) is 0.250. The van der Waals surface area contributed by atoms with E-state index in [1.54, 1.807) is 0 Å². The fourth-order valence-corrected chi connectivity index (χ4v) is 6.34. The van der Waals surface area contributed by atoms with Gasteiger partial charge in [0.1, 0.15) is 13.2 Å². The van der Waals surface area contributed by atoms with Crippen molar-refractivity contribution in [1.82, 2.24) is 10.6 Å². The highest BCUT2D eigenvalue weighted by Crippen LogP contribution is 2.45. The molecule has 0 aliphatic heterocycles. The Hall–Kier alpha value is -5.11. The number of ether oxygens (including phenoxy) is 2. The van der Waals surface area contributed by atoms with Gasteiger partial charge in [0.2, 0.25) is 0 Å². The van der Waals surface area contributed by atoms with Crippen molar-refractivity contribution in [1.29, 1.82) is 0 Å². The molecule has 0 saturated heterocycles. The number of amides is 2. The number of carboxylic acid groups (broad SMARTS) is 1. The molecule has 0 saturated carbocycles. The number of hydrogen-bond donors (Lipinski definition) is 2. The topological polar surface area (TPSA) is 117 Å². The number of carbonyl (C=O) groups excluding carboxylic acids is 3. The number of unbranched alkanes of at least 4 members (excludes halogenated alkanes) is 1. The summed E-state index contributed by atoms with van der Waals surface area (Å²) in [5.74, 6) is -1.54. The number of alkyl carbamates (subject to hydrolysis) is 2. The second-order valence-electron chi connectivity index (χ2n) is 11.1. The van der Waals surface area contributed by atoms with Crippen molar-refractivity contribution in [3.63, 3.8) is 0 Å². The van der Waals surface area contributed by atoms with E-state index in [1.807, 2.05) is 72.8 Å². The Kier molecular flexibility index (Phi) is 8.59. The van der Waals surface area contributed by atoms with E-state index in [2.05, 4.69) is 34.9 Å². The number of hydrogen-bond acceptors (Lipinski definition) is 6. The van der Waals surface area contributed by atoms with Crippen LogP contribution in [0.25, 0.3) is 22.3 Å². The Balaban J connectivity index is 0.925. The predicted octanol–water partition coefficient (Wildman–Crippen LogP) is 5.35. The maximum absolute atomic E-state index is 12.6. The van der Waals surface area contributed by atoms with Crippen LogP contribution >= 0.6 is 0 Å². The SMILES string of the molecule is O=C(NCCCCC(NC(=O)OCC1c2ccccc2-c2ccccc21)C(=O)[O-])OCC1c2ccccc2-c2ccccc21. The van der Waals surface area contributed by atoms with E-state index in [0.29, 0.717) is 19.4 Å². The number of rotatable bonds is 11. The van der Waals surface area contributed by atoms with E-state index < -0.39 is 24.2 Å². The summed E-state index contributed by atoms with van der Waals surface area (Å²) >= 11 is 0. The quantitative estimate of drug-likeness (QED) is 0.228. The van der Waals surface area contributed by atoms with Gasteiger partial charge in [0.05, 0.1) is 12.0 Å². The molecule has 2 aliphatic carbocycles. The highest BCUT2D eigenvalue weighted by atomic mass is 16.6. The molecule has 0 fully saturated rings. The van der Waals surface area contributed by atoms with Gasteiger partial charge in [-0.3, -0.25) is 0 Å². The van der Waals surface area contributed by atoms with E-state index in [0.717, 1.165) is 44.5 Å². The lowest BCUT2D eigenvalue weighted by molar-refractivity contribution is -0.308. The third-order valence-electron chi connectivity index (χ3n) is 8.45. The molecular weight excluding hydrogens is 556 g/mol. The van der Waals surface area contributed by atoms with Gasteiger partial charge in [-0.1, -0.05) is 97.1 Å². The molecule has 224 valence electrons. The average Bonchev–Trinajstić information content (AvgIpc) is 3.54. The van der Waals surface area contributed by atoms with Crippen LogP contribution in [0.5, 0.6) is 0 Å². The van der Waals surface area contributed by atoms with Crippen LogP contribution in [0.1, 0.15) is 53.4 Å². The largest absolute Gasteiger partial charge is 0.548 e. The van der Waals surface area contributed by atoms with Crippen LogP contribution in [-0.4, -0.2) is 44.0 Å². The third kappa shape index (κ3) is 6.01. The van der Waals surface area contributed by atoms with Gasteiger partial charge >= 0.3 is 12.2 Å². The van der Waals surface area contributed by atoms with Crippen molar-refractivity contribution in [3.05, 3.63) is 119 Å². The average molecular weight is 590 g/mol. The summed E-state index contributed by atoms with van der Waals surface area (Å²) in [6, 6.07) is 31.0. The van der Waals surface area contributed by atoms with Crippen LogP contribution < -0.4 is 15.7 Å². The van der Waals surface area contributed by atoms with E-state index in [-0.39, 0.29) is 31.5 Å². The van der Waals surface area contributed by atoms with Gasteiger partial charge in [-0.2, -0.15) is 0 Å². The van der Waals surface area contributed by atoms with Crippen molar-refractivity contribution in [2.24, 2.45) is 0 Å². The zero-order chi connectivity index (χ0) is 30.5. The first-order valence-corrected chi connectivity index (χ1v) is 14.9. The lowest BCUT2D eigenvalue weighted by atomic mass is 9.98. The van der Waals surface area contributed by atoms with Crippen molar-refractivity contribution in [2.45, 2.75) is 37.1 Å². The normalized spacial score (nSPS) is 13.6. The van der Waals surface area contributed by atoms with Gasteiger partial charge in [-0.25, -0.2) is 9.59 Å². The van der Waals surface area contributed by atoms with Crippen LogP contribution in [0.4, 0.5) is 9.59 Å². The Morgan fingerprint density at radius 1 is 0.614 bits per heavy atom. The van der Waals surface area contributed by atoms with Crippen LogP contribution in [0.15, 0.2) is 97.1 Å². The van der Waals surface area contributed by atoms with E-state index >= 15 is 0 Å². The molecule has 4 aromatic carbocycles. The molecule has 0 radical (unpaired) electrons. The number of aliphatic carboxylic acids is 1. The first-order valence-electron chi connectivity index (χ1n) is 14.9. The molecule has 6 rings (SSSR count). The van der Waals surface area contributed by atoms with Crippen molar-refractivity contribution in [2.75, 3.05) is 19.8 Å². The lowest BCUT2D eigenvalue weighted by Gasteiger charge is -2.21. The Morgan fingerprint density at radius 2 is 1.02 bits per heavy atom. The summed E-state index contributed by atoms with van der Waals surface area (Å²) in [4.78, 5) is 36.7. The van der Waals surface area contributed by atoms with Crippen molar-refractivity contribution in [3.8, 4) is 22.3 Å². The smallest absolute Gasteiger partial charge is 0.407 e. The second-order valence-corrected chi connectivity index (χ2v) is 11.1. The molecule has 2 amide bonds. The molecule has 1 unspecified atom stereocenters. The van der Waals surface area contributed by atoms with E-state index in [1.165, 1.54) is 0 Å². The highest BCUT2D eigenvalue weighted by Gasteiger charge is 2.30. The van der Waals surface area contributed by atoms with Gasteiger partial charge in [0.25, 0.3) is 0 Å². The zero-order valence-corrected chi connectivity index (χ0v) is 24.2. The van der Waals surface area contributed by atoms with E-state index in [9.17, 15) is 19.5 Å². The molecular formula is C36H33N2O6-. The molecule has 44 heavy (non-hydrogen) atoms. The predicted molar refractivity (Wildman–Crippen MR) is 164 cm³/mol. The Bertz CT molecular complexity index is 1590. The first-order chi connectivity index (χ1) is 21.5. The number of fused-ring (bicyclic) bond motifs is 6. The summed E-state index contributed by atoms with van der Waals surface area (Å²) < 4.78 is 11.0. The van der Waals surface area contributed by atoms with Crippen LogP contribution in [0.3, 0.4) is 0 Å². The molecule has 8 nitrogen and oxygen atoms in total. The van der Waals surface area contributed by atoms with Crippen molar-refractivity contribution >= 4 is 18.2 Å². The number of benzene rings is 4. The highest BCUT2D eigenvalue weighted by molar-refractivity contribution is 5.81. The van der Waals surface area contributed by atoms with Gasteiger partial charge in [-0.15, -0.1) is 0 Å². The molecule has 0 heterocycles. The molecule has 4 aromatic rings. The minimum absolute atomic E-state index is 0.0269. The zero-order valence-electron chi connectivity index (χ0n) is 24.2. The second kappa shape index (κ2) is 13.0. The Labute approximate surface area is 256 Å². The maximum atomic E-state index is 12.6. The molecule has 0 aromatic heterocycles. The monoisotopic (exact) mass is 589 g/mol. The minimum atomic E-state index is -1.39. The molecule has 2 aliphatic rings. The molecule has 0 bridgehead atoms. The maximum Gasteiger partial charge on any atom is 0.407 e. The summed E-state index contributed by atoms with van der Waals surface area (Å²) in [7, 11) is 0. The summed E-state index contributed by atoms with van der Waals surface area (Å²) in [6.07, 6.45) is -0.261. The summed E-state index contributed by atoms with van der Waals surface area (Å²) in [5.41, 5.74) is 8.95. The van der Waals surface area contributed by atoms with Crippen LogP contribution in [0.2, 0.25) is 0 Å². The first kappa shape index (κ1) is 29.0. The summed E-state index contributed by atoms with van der Waals surface area (Å²) in [5, 5.41) is 16.9. The standard InChI is InChI=1S/C36H34N2O6/c39-34(40)33(38-36(42)44-22-32-29-17-7-3-13-25(29)26-14-4-8-18-30(26)32)19-9-10-20-37-35(41)43-21-31-27-15-5-1-11-23(27)24-12-2-6-16-28(24)31/h1-8,11-18,31-33H,9-10,19-22H2,(H,37,41)(H,38,42)(H,39,40)/p-1. The van der Waals surface area contributed by atoms with Gasteiger partial charge in [-0.05, 0) is 63.8 Å². The third-order valence-corrected chi connectivity index (χ3v) is 8.45. The fourth-order valence-electron chi connectivity index (χ4n) is 6.34. The molecule has 8 heteroatoms. The Morgan fingerprint density at radius 3 is 1.45 bits per heavy atom. The lowest BCUT2D eigenvalue weighted by Crippen LogP contribution is -2.48. The van der Waals surface area contributed by atoms with Gasteiger partial charge in [0.15, 0.2) is 0 Å². The number of nitrogens with one attached hydrogen (secondary N) is 2. The van der Waals surface area contributed by atoms with Crippen LogP contribution in [-0.2, 0) is 14.3 Å². The van der Waals surface area contributed by atoms with Crippen molar-refractivity contribution < 1.29 is 29.0 Å². The van der Waals surface area contributed by atoms with Gasteiger partial charge in [0, 0.05) is 18.4 Å². The number of carboxylic acids is 1. The molecule has 2 N–H and O–H groups in total. The van der Waals surface area contributed by atoms with Gasteiger partial charge < -0.3 is 30.0 Å². The molecule has 1 atom stereocenters. The minimum Gasteiger partial charge on any atom is -0.548 e. The van der Waals surface area contributed by atoms with Crippen LogP contribution in [0, 0.1) is 0 Å². The number of carbonyl (C=O) groups is 3.